The molecule has 0 saturated carbocycles. The second-order valence-electron chi connectivity index (χ2n) is 5.68. The number of hydrogen-bond donors (Lipinski definition) is 1. The maximum atomic E-state index is 12.2. The van der Waals surface area contributed by atoms with Gasteiger partial charge in [-0.2, -0.15) is 0 Å². The number of benzene rings is 2. The second-order valence-corrected chi connectivity index (χ2v) is 6.08. The number of aryl methyl sites for hydroxylation is 1. The number of ether oxygens (including phenoxy) is 2. The van der Waals surface area contributed by atoms with Gasteiger partial charge in [0.25, 0.3) is 5.91 Å². The molecule has 0 saturated heterocycles. The highest BCUT2D eigenvalue weighted by Crippen LogP contribution is 2.24. The average Bonchev–Trinajstić information content (AvgIpc) is 2.56. The molecule has 128 valence electrons. The van der Waals surface area contributed by atoms with Crippen LogP contribution in [0.15, 0.2) is 48.5 Å². The van der Waals surface area contributed by atoms with Crippen LogP contribution in [0.4, 0.5) is 0 Å². The molecule has 2 aromatic rings. The number of nitrogens with one attached hydrogen (secondary N) is 1. The van der Waals surface area contributed by atoms with Crippen LogP contribution in [0.1, 0.15) is 19.4 Å². The van der Waals surface area contributed by atoms with Crippen molar-refractivity contribution in [2.24, 2.45) is 0 Å². The first-order valence-corrected chi connectivity index (χ1v) is 8.25. The minimum absolute atomic E-state index is 0.144. The van der Waals surface area contributed by atoms with E-state index >= 15 is 0 Å². The van der Waals surface area contributed by atoms with Gasteiger partial charge in [0.2, 0.25) is 0 Å². The van der Waals surface area contributed by atoms with Gasteiger partial charge in [-0.05, 0) is 44.5 Å². The molecule has 0 aliphatic rings. The summed E-state index contributed by atoms with van der Waals surface area (Å²) in [5.41, 5.74) is 1.06. The lowest BCUT2D eigenvalue weighted by molar-refractivity contribution is -0.128. The molecule has 2 rings (SSSR count). The number of para-hydroxylation sites is 2. The third-order valence-corrected chi connectivity index (χ3v) is 3.79. The van der Waals surface area contributed by atoms with Crippen LogP contribution in [0.25, 0.3) is 0 Å². The molecule has 4 nitrogen and oxygen atoms in total. The maximum Gasteiger partial charge on any atom is 0.261 e. The number of carbonyl (C=O) groups is 1. The first-order valence-electron chi connectivity index (χ1n) is 7.87. The largest absolute Gasteiger partial charge is 0.491 e. The number of carbonyl (C=O) groups excluding carboxylic acids is 1. The molecular formula is C19H22ClNO3. The fourth-order valence-corrected chi connectivity index (χ4v) is 2.30. The van der Waals surface area contributed by atoms with Crippen LogP contribution in [0.2, 0.25) is 5.02 Å². The number of rotatable bonds is 7. The summed E-state index contributed by atoms with van der Waals surface area (Å²) in [6, 6.07) is 14.7. The van der Waals surface area contributed by atoms with Crippen LogP contribution in [-0.4, -0.2) is 24.7 Å². The molecule has 24 heavy (non-hydrogen) atoms. The van der Waals surface area contributed by atoms with Gasteiger partial charge in [-0.3, -0.25) is 4.79 Å². The molecule has 2 unspecified atom stereocenters. The SMILES string of the molecule is Cc1ccccc1OCC(C)NC(=O)C(C)Oc1ccccc1Cl. The zero-order chi connectivity index (χ0) is 17.5. The molecule has 0 aromatic heterocycles. The topological polar surface area (TPSA) is 47.6 Å². The standard InChI is InChI=1S/C19H22ClNO3/c1-13-8-4-6-10-17(13)23-12-14(2)21-19(22)15(3)24-18-11-7-5-9-16(18)20/h4-11,14-15H,12H2,1-3H3,(H,21,22). The van der Waals surface area contributed by atoms with Gasteiger partial charge >= 0.3 is 0 Å². The number of halogens is 1. The highest BCUT2D eigenvalue weighted by molar-refractivity contribution is 6.32. The summed E-state index contributed by atoms with van der Waals surface area (Å²) < 4.78 is 11.3. The van der Waals surface area contributed by atoms with Gasteiger partial charge in [0.15, 0.2) is 6.10 Å². The van der Waals surface area contributed by atoms with Crippen molar-refractivity contribution in [1.82, 2.24) is 5.32 Å². The zero-order valence-electron chi connectivity index (χ0n) is 14.1. The van der Waals surface area contributed by atoms with Crippen LogP contribution in [0, 0.1) is 6.92 Å². The third kappa shape index (κ3) is 5.17. The van der Waals surface area contributed by atoms with Gasteiger partial charge in [-0.1, -0.05) is 41.9 Å². The summed E-state index contributed by atoms with van der Waals surface area (Å²) >= 11 is 6.03. The predicted octanol–water partition coefficient (Wildman–Crippen LogP) is 4.00. The van der Waals surface area contributed by atoms with Crippen molar-refractivity contribution in [2.45, 2.75) is 32.9 Å². The second kappa shape index (κ2) is 8.60. The monoisotopic (exact) mass is 347 g/mol. The van der Waals surface area contributed by atoms with Crippen molar-refractivity contribution in [1.29, 1.82) is 0 Å². The number of amides is 1. The summed E-state index contributed by atoms with van der Waals surface area (Å²) in [6.45, 7) is 5.94. The van der Waals surface area contributed by atoms with Crippen LogP contribution in [0.5, 0.6) is 11.5 Å². The summed E-state index contributed by atoms with van der Waals surface area (Å²) in [5, 5.41) is 3.36. The summed E-state index contributed by atoms with van der Waals surface area (Å²) in [6.07, 6.45) is -0.647. The van der Waals surface area contributed by atoms with E-state index in [1.54, 1.807) is 19.1 Å². The molecule has 0 aliphatic carbocycles. The van der Waals surface area contributed by atoms with Gasteiger partial charge in [0.05, 0.1) is 11.1 Å². The Balaban J connectivity index is 1.82. The summed E-state index contributed by atoms with van der Waals surface area (Å²) in [4.78, 5) is 12.2. The van der Waals surface area contributed by atoms with Gasteiger partial charge in [0, 0.05) is 0 Å². The molecule has 0 bridgehead atoms. The molecule has 2 atom stereocenters. The van der Waals surface area contributed by atoms with Crippen molar-refractivity contribution < 1.29 is 14.3 Å². The summed E-state index contributed by atoms with van der Waals surface area (Å²) in [7, 11) is 0. The molecule has 5 heteroatoms. The third-order valence-electron chi connectivity index (χ3n) is 3.48. The fourth-order valence-electron chi connectivity index (χ4n) is 2.12. The van der Waals surface area contributed by atoms with Gasteiger partial charge < -0.3 is 14.8 Å². The van der Waals surface area contributed by atoms with E-state index in [0.29, 0.717) is 17.4 Å². The van der Waals surface area contributed by atoms with E-state index in [-0.39, 0.29) is 11.9 Å². The zero-order valence-corrected chi connectivity index (χ0v) is 14.8. The van der Waals surface area contributed by atoms with E-state index < -0.39 is 6.10 Å². The molecular weight excluding hydrogens is 326 g/mol. The Kier molecular flexibility index (Phi) is 6.50. The Morgan fingerprint density at radius 3 is 2.38 bits per heavy atom. The maximum absolute atomic E-state index is 12.2. The van der Waals surface area contributed by atoms with Gasteiger partial charge in [-0.15, -0.1) is 0 Å². The van der Waals surface area contributed by atoms with E-state index in [0.717, 1.165) is 11.3 Å². The molecule has 0 heterocycles. The molecule has 0 fully saturated rings. The van der Waals surface area contributed by atoms with E-state index in [9.17, 15) is 4.79 Å². The van der Waals surface area contributed by atoms with E-state index in [1.807, 2.05) is 50.2 Å². The van der Waals surface area contributed by atoms with Crippen LogP contribution < -0.4 is 14.8 Å². The van der Waals surface area contributed by atoms with Crippen LogP contribution in [0.3, 0.4) is 0 Å². The molecule has 1 N–H and O–H groups in total. The Hall–Kier alpha value is -2.20. The Labute approximate surface area is 147 Å². The van der Waals surface area contributed by atoms with Crippen molar-refractivity contribution in [2.75, 3.05) is 6.61 Å². The van der Waals surface area contributed by atoms with E-state index in [4.69, 9.17) is 21.1 Å². The quantitative estimate of drug-likeness (QED) is 0.823. The van der Waals surface area contributed by atoms with Crippen molar-refractivity contribution in [3.8, 4) is 11.5 Å². The Bertz CT molecular complexity index is 690. The fraction of sp³-hybridized carbons (Fsp3) is 0.316. The minimum atomic E-state index is -0.647. The first kappa shape index (κ1) is 18.1. The van der Waals surface area contributed by atoms with E-state index in [1.165, 1.54) is 0 Å². The highest BCUT2D eigenvalue weighted by atomic mass is 35.5. The average molecular weight is 348 g/mol. The van der Waals surface area contributed by atoms with Crippen LogP contribution in [-0.2, 0) is 4.79 Å². The minimum Gasteiger partial charge on any atom is -0.491 e. The van der Waals surface area contributed by atoms with Gasteiger partial charge in [-0.25, -0.2) is 0 Å². The predicted molar refractivity (Wildman–Crippen MR) is 95.8 cm³/mol. The van der Waals surface area contributed by atoms with Crippen molar-refractivity contribution in [3.63, 3.8) is 0 Å². The molecule has 0 spiro atoms. The normalized spacial score (nSPS) is 13.0. The highest BCUT2D eigenvalue weighted by Gasteiger charge is 2.18. The Morgan fingerprint density at radius 1 is 1.08 bits per heavy atom. The lowest BCUT2D eigenvalue weighted by atomic mass is 10.2. The molecule has 0 aliphatic heterocycles. The Morgan fingerprint density at radius 2 is 1.71 bits per heavy atom. The van der Waals surface area contributed by atoms with Gasteiger partial charge in [0.1, 0.15) is 18.1 Å². The molecule has 1 amide bonds. The lowest BCUT2D eigenvalue weighted by Gasteiger charge is -2.20. The lowest BCUT2D eigenvalue weighted by Crippen LogP contribution is -2.43. The molecule has 0 radical (unpaired) electrons. The first-order chi connectivity index (χ1) is 11.5. The number of hydrogen-bond acceptors (Lipinski definition) is 3. The van der Waals surface area contributed by atoms with Crippen LogP contribution >= 0.6 is 11.6 Å². The van der Waals surface area contributed by atoms with E-state index in [2.05, 4.69) is 5.32 Å². The van der Waals surface area contributed by atoms with Crippen molar-refractivity contribution >= 4 is 17.5 Å². The smallest absolute Gasteiger partial charge is 0.261 e. The molecule has 2 aromatic carbocycles. The van der Waals surface area contributed by atoms with Crippen molar-refractivity contribution in [3.05, 3.63) is 59.1 Å². The summed E-state index contributed by atoms with van der Waals surface area (Å²) in [5.74, 6) is 1.10.